The van der Waals surface area contributed by atoms with E-state index in [0.717, 1.165) is 16.5 Å². The summed E-state index contributed by atoms with van der Waals surface area (Å²) in [6.07, 6.45) is 0. The summed E-state index contributed by atoms with van der Waals surface area (Å²) >= 11 is 0. The topological polar surface area (TPSA) is 76.4 Å². The van der Waals surface area contributed by atoms with Crippen LogP contribution in [0.25, 0.3) is 11.0 Å². The standard InChI is InChI=1S/C19H19NO4S/c1-4-25(22,23)15-7-5-6-14(11-15)20-19(21)18-13(3)16-9-8-12(2)10-17(16)24-18/h5-11H,4H2,1-3H3,(H,20,21). The number of sulfone groups is 1. The number of hydrogen-bond donors (Lipinski definition) is 1. The molecule has 0 aliphatic carbocycles. The van der Waals surface area contributed by atoms with Crippen LogP contribution >= 0.6 is 0 Å². The first kappa shape index (κ1) is 17.2. The Morgan fingerprint density at radius 3 is 2.60 bits per heavy atom. The lowest BCUT2D eigenvalue weighted by atomic mass is 10.1. The summed E-state index contributed by atoms with van der Waals surface area (Å²) in [7, 11) is -3.33. The van der Waals surface area contributed by atoms with Gasteiger partial charge in [-0.2, -0.15) is 0 Å². The van der Waals surface area contributed by atoms with Crippen LogP contribution in [-0.2, 0) is 9.84 Å². The zero-order valence-corrected chi connectivity index (χ0v) is 15.1. The van der Waals surface area contributed by atoms with Crippen LogP contribution in [0, 0.1) is 13.8 Å². The van der Waals surface area contributed by atoms with Crippen LogP contribution in [0.15, 0.2) is 51.8 Å². The van der Waals surface area contributed by atoms with Crippen molar-refractivity contribution in [2.24, 2.45) is 0 Å². The van der Waals surface area contributed by atoms with Crippen LogP contribution in [0.2, 0.25) is 0 Å². The first-order valence-electron chi connectivity index (χ1n) is 7.96. The maximum atomic E-state index is 12.6. The van der Waals surface area contributed by atoms with E-state index in [1.54, 1.807) is 19.1 Å². The first-order valence-corrected chi connectivity index (χ1v) is 9.61. The average Bonchev–Trinajstić information content (AvgIpc) is 2.91. The minimum atomic E-state index is -3.33. The molecule has 0 saturated carbocycles. The smallest absolute Gasteiger partial charge is 0.291 e. The molecule has 3 rings (SSSR count). The Morgan fingerprint density at radius 1 is 1.12 bits per heavy atom. The van der Waals surface area contributed by atoms with Crippen LogP contribution in [0.3, 0.4) is 0 Å². The Labute approximate surface area is 146 Å². The number of furan rings is 1. The third-order valence-electron chi connectivity index (χ3n) is 4.13. The second-order valence-electron chi connectivity index (χ2n) is 5.94. The molecule has 0 aliphatic rings. The summed E-state index contributed by atoms with van der Waals surface area (Å²) in [4.78, 5) is 12.8. The molecule has 0 saturated heterocycles. The van der Waals surface area contributed by atoms with E-state index in [1.165, 1.54) is 12.1 Å². The molecule has 1 aromatic heterocycles. The molecule has 0 bridgehead atoms. The molecule has 0 aliphatic heterocycles. The number of fused-ring (bicyclic) bond motifs is 1. The summed E-state index contributed by atoms with van der Waals surface area (Å²) in [6, 6.07) is 12.0. The van der Waals surface area contributed by atoms with Gasteiger partial charge in [-0.3, -0.25) is 4.79 Å². The summed E-state index contributed by atoms with van der Waals surface area (Å²) < 4.78 is 29.7. The molecular formula is C19H19NO4S. The van der Waals surface area contributed by atoms with Crippen molar-refractivity contribution in [2.75, 3.05) is 11.1 Å². The molecular weight excluding hydrogens is 338 g/mol. The number of amides is 1. The highest BCUT2D eigenvalue weighted by molar-refractivity contribution is 7.91. The number of carbonyl (C=O) groups is 1. The first-order chi connectivity index (χ1) is 11.8. The number of carbonyl (C=O) groups excluding carboxylic acids is 1. The molecule has 0 spiro atoms. The zero-order chi connectivity index (χ0) is 18.2. The molecule has 3 aromatic rings. The third-order valence-corrected chi connectivity index (χ3v) is 5.86. The van der Waals surface area contributed by atoms with Gasteiger partial charge in [0.1, 0.15) is 5.58 Å². The van der Waals surface area contributed by atoms with Crippen molar-refractivity contribution in [3.63, 3.8) is 0 Å². The molecule has 0 radical (unpaired) electrons. The maximum absolute atomic E-state index is 12.6. The fraction of sp³-hybridized carbons (Fsp3) is 0.211. The summed E-state index contributed by atoms with van der Waals surface area (Å²) in [5.74, 6) is -0.173. The summed E-state index contributed by atoms with van der Waals surface area (Å²) in [5, 5.41) is 3.60. The van der Waals surface area contributed by atoms with E-state index in [4.69, 9.17) is 4.42 Å². The fourth-order valence-corrected chi connectivity index (χ4v) is 3.60. The van der Waals surface area contributed by atoms with E-state index >= 15 is 0 Å². The fourth-order valence-electron chi connectivity index (χ4n) is 2.67. The normalized spacial score (nSPS) is 11.6. The Balaban J connectivity index is 1.93. The van der Waals surface area contributed by atoms with Gasteiger partial charge in [0, 0.05) is 16.6 Å². The van der Waals surface area contributed by atoms with Gasteiger partial charge in [0.15, 0.2) is 15.6 Å². The van der Waals surface area contributed by atoms with Crippen molar-refractivity contribution in [3.8, 4) is 0 Å². The lowest BCUT2D eigenvalue weighted by Crippen LogP contribution is -2.13. The predicted molar refractivity (Wildman–Crippen MR) is 97.8 cm³/mol. The van der Waals surface area contributed by atoms with Gasteiger partial charge in [0.25, 0.3) is 5.91 Å². The monoisotopic (exact) mass is 357 g/mol. The van der Waals surface area contributed by atoms with Crippen LogP contribution < -0.4 is 5.32 Å². The Kier molecular flexibility index (Phi) is 4.39. The minimum absolute atomic E-state index is 0.00638. The van der Waals surface area contributed by atoms with E-state index < -0.39 is 15.7 Å². The second-order valence-corrected chi connectivity index (χ2v) is 8.22. The molecule has 130 valence electrons. The number of benzene rings is 2. The van der Waals surface area contributed by atoms with Crippen molar-refractivity contribution in [1.82, 2.24) is 0 Å². The highest BCUT2D eigenvalue weighted by Crippen LogP contribution is 2.27. The largest absolute Gasteiger partial charge is 0.451 e. The lowest BCUT2D eigenvalue weighted by Gasteiger charge is -2.06. The van der Waals surface area contributed by atoms with Crippen LogP contribution in [-0.4, -0.2) is 20.1 Å². The Morgan fingerprint density at radius 2 is 1.88 bits per heavy atom. The lowest BCUT2D eigenvalue weighted by molar-refractivity contribution is 0.0998. The molecule has 0 fully saturated rings. The quantitative estimate of drug-likeness (QED) is 0.763. The molecule has 6 heteroatoms. The number of rotatable bonds is 4. The van der Waals surface area contributed by atoms with Crippen molar-refractivity contribution in [1.29, 1.82) is 0 Å². The Bertz CT molecular complexity index is 1060. The van der Waals surface area contributed by atoms with Gasteiger partial charge < -0.3 is 9.73 Å². The summed E-state index contributed by atoms with van der Waals surface area (Å²) in [6.45, 7) is 5.37. The van der Waals surface area contributed by atoms with E-state index in [1.807, 2.05) is 32.0 Å². The molecule has 25 heavy (non-hydrogen) atoms. The van der Waals surface area contributed by atoms with Gasteiger partial charge in [-0.15, -0.1) is 0 Å². The van der Waals surface area contributed by atoms with E-state index in [2.05, 4.69) is 5.32 Å². The van der Waals surface area contributed by atoms with Crippen molar-refractivity contribution in [3.05, 3.63) is 59.4 Å². The summed E-state index contributed by atoms with van der Waals surface area (Å²) in [5.41, 5.74) is 2.87. The molecule has 5 nitrogen and oxygen atoms in total. The minimum Gasteiger partial charge on any atom is -0.451 e. The maximum Gasteiger partial charge on any atom is 0.291 e. The number of anilines is 1. The number of aryl methyl sites for hydroxylation is 2. The molecule has 1 amide bonds. The highest BCUT2D eigenvalue weighted by Gasteiger charge is 2.19. The van der Waals surface area contributed by atoms with Gasteiger partial charge in [-0.05, 0) is 43.7 Å². The van der Waals surface area contributed by atoms with Gasteiger partial charge in [0.05, 0.1) is 10.6 Å². The van der Waals surface area contributed by atoms with Gasteiger partial charge in [-0.25, -0.2) is 8.42 Å². The average molecular weight is 357 g/mol. The van der Waals surface area contributed by atoms with E-state index in [9.17, 15) is 13.2 Å². The van der Waals surface area contributed by atoms with Crippen molar-refractivity contribution >= 4 is 32.4 Å². The van der Waals surface area contributed by atoms with Gasteiger partial charge >= 0.3 is 0 Å². The number of hydrogen-bond acceptors (Lipinski definition) is 4. The molecule has 1 heterocycles. The van der Waals surface area contributed by atoms with Crippen LogP contribution in [0.5, 0.6) is 0 Å². The van der Waals surface area contributed by atoms with Crippen LogP contribution in [0.4, 0.5) is 5.69 Å². The molecule has 0 atom stereocenters. The van der Waals surface area contributed by atoms with Gasteiger partial charge in [0.2, 0.25) is 0 Å². The zero-order valence-electron chi connectivity index (χ0n) is 14.3. The number of nitrogens with one attached hydrogen (secondary N) is 1. The van der Waals surface area contributed by atoms with Crippen LogP contribution in [0.1, 0.15) is 28.6 Å². The van der Waals surface area contributed by atoms with Crippen molar-refractivity contribution < 1.29 is 17.6 Å². The molecule has 2 aromatic carbocycles. The molecule has 1 N–H and O–H groups in total. The van der Waals surface area contributed by atoms with Gasteiger partial charge in [-0.1, -0.05) is 25.1 Å². The van der Waals surface area contributed by atoms with E-state index in [0.29, 0.717) is 11.3 Å². The van der Waals surface area contributed by atoms with E-state index in [-0.39, 0.29) is 16.4 Å². The second kappa shape index (κ2) is 6.37. The van der Waals surface area contributed by atoms with Crippen molar-refractivity contribution in [2.45, 2.75) is 25.7 Å². The molecule has 0 unspecified atom stereocenters. The Hall–Kier alpha value is -2.60. The predicted octanol–water partition coefficient (Wildman–Crippen LogP) is 4.10. The SMILES string of the molecule is CCS(=O)(=O)c1cccc(NC(=O)c2oc3cc(C)ccc3c2C)c1. The highest BCUT2D eigenvalue weighted by atomic mass is 32.2. The third kappa shape index (κ3) is 3.30.